The molecule has 9 heteroatoms. The molecule has 3 aromatic carbocycles. The minimum atomic E-state index is -0.994. The van der Waals surface area contributed by atoms with Crippen LogP contribution in [0.5, 0.6) is 5.75 Å². The maximum absolute atomic E-state index is 13.2. The van der Waals surface area contributed by atoms with E-state index in [0.29, 0.717) is 29.6 Å². The van der Waals surface area contributed by atoms with Gasteiger partial charge in [-0.1, -0.05) is 86.7 Å². The Labute approximate surface area is 276 Å². The van der Waals surface area contributed by atoms with Crippen LogP contribution in [0, 0.1) is 11.8 Å². The molecule has 47 heavy (non-hydrogen) atoms. The van der Waals surface area contributed by atoms with E-state index in [-0.39, 0.29) is 18.6 Å². The van der Waals surface area contributed by atoms with E-state index in [2.05, 4.69) is 15.5 Å². The maximum Gasteiger partial charge on any atom is 0.408 e. The van der Waals surface area contributed by atoms with Crippen molar-refractivity contribution in [3.63, 3.8) is 0 Å². The number of nitrogens with one attached hydrogen (secondary N) is 2. The summed E-state index contributed by atoms with van der Waals surface area (Å²) in [7, 11) is 0. The summed E-state index contributed by atoms with van der Waals surface area (Å²) in [6.45, 7) is 3.24. The number of hydrogen-bond donors (Lipinski definition) is 3. The van der Waals surface area contributed by atoms with Crippen LogP contribution < -0.4 is 15.4 Å². The number of fused-ring (bicyclic) bond motifs is 3. The summed E-state index contributed by atoms with van der Waals surface area (Å²) in [5.74, 6) is 0.0245. The van der Waals surface area contributed by atoms with Gasteiger partial charge in [-0.05, 0) is 85.1 Å². The number of carbonyl (C=O) groups is 3. The van der Waals surface area contributed by atoms with Gasteiger partial charge in [-0.3, -0.25) is 9.69 Å². The van der Waals surface area contributed by atoms with Gasteiger partial charge >= 0.3 is 12.1 Å². The maximum atomic E-state index is 13.2. The number of piperidine rings is 3. The summed E-state index contributed by atoms with van der Waals surface area (Å²) >= 11 is 0. The molecule has 7 rings (SSSR count). The Balaban J connectivity index is 1.06. The number of alkyl carbamates (subject to hydrolysis) is 1. The third-order valence-corrected chi connectivity index (χ3v) is 9.96. The van der Waals surface area contributed by atoms with Crippen molar-refractivity contribution in [1.29, 1.82) is 0 Å². The van der Waals surface area contributed by atoms with E-state index in [9.17, 15) is 19.5 Å². The van der Waals surface area contributed by atoms with Crippen molar-refractivity contribution in [3.05, 3.63) is 101 Å². The Morgan fingerprint density at radius 1 is 0.830 bits per heavy atom. The highest BCUT2D eigenvalue weighted by atomic mass is 16.6. The van der Waals surface area contributed by atoms with Crippen LogP contribution in [0.4, 0.5) is 4.79 Å². The fourth-order valence-corrected chi connectivity index (χ4v) is 7.26. The first-order valence-electron chi connectivity index (χ1n) is 17.0. The van der Waals surface area contributed by atoms with Crippen LogP contribution in [0.25, 0.3) is 0 Å². The number of amides is 2. The van der Waals surface area contributed by atoms with Crippen molar-refractivity contribution in [1.82, 2.24) is 15.5 Å². The molecule has 3 aromatic rings. The molecule has 2 amide bonds. The van der Waals surface area contributed by atoms with E-state index >= 15 is 0 Å². The minimum Gasteiger partial charge on any atom is -0.489 e. The molecule has 9 nitrogen and oxygen atoms in total. The number of hydrogen-bond acceptors (Lipinski definition) is 6. The molecule has 4 aliphatic rings. The Hall–Kier alpha value is -4.37. The zero-order valence-corrected chi connectivity index (χ0v) is 26.8. The van der Waals surface area contributed by atoms with Gasteiger partial charge in [0, 0.05) is 12.1 Å². The van der Waals surface area contributed by atoms with E-state index in [1.807, 2.05) is 66.7 Å². The van der Waals surface area contributed by atoms with Gasteiger partial charge in [-0.2, -0.15) is 0 Å². The molecule has 0 radical (unpaired) electrons. The zero-order chi connectivity index (χ0) is 32.6. The fraction of sp³-hybridized carbons (Fsp3) is 0.447. The highest BCUT2D eigenvalue weighted by Gasteiger charge is 2.37. The van der Waals surface area contributed by atoms with Crippen molar-refractivity contribution < 1.29 is 29.0 Å². The van der Waals surface area contributed by atoms with Crippen LogP contribution in [0.2, 0.25) is 0 Å². The number of nitrogens with zero attached hydrogens (tertiary/aromatic N) is 1. The predicted octanol–water partition coefficient (Wildman–Crippen LogP) is 6.33. The Morgan fingerprint density at radius 2 is 1.55 bits per heavy atom. The normalized spacial score (nSPS) is 22.1. The Kier molecular flexibility index (Phi) is 10.7. The van der Waals surface area contributed by atoms with Gasteiger partial charge < -0.3 is 25.2 Å². The van der Waals surface area contributed by atoms with Crippen molar-refractivity contribution in [3.8, 4) is 5.75 Å². The molecule has 248 valence electrons. The fourth-order valence-electron chi connectivity index (χ4n) is 7.26. The van der Waals surface area contributed by atoms with Gasteiger partial charge in [-0.15, -0.1) is 0 Å². The molecular weight excluding hydrogens is 594 g/mol. The minimum absolute atomic E-state index is 0.0822. The summed E-state index contributed by atoms with van der Waals surface area (Å²) in [5.41, 5.74) is 3.08. The van der Waals surface area contributed by atoms with Gasteiger partial charge in [0.2, 0.25) is 0 Å². The summed E-state index contributed by atoms with van der Waals surface area (Å²) in [6.07, 6.45) is 7.59. The van der Waals surface area contributed by atoms with Crippen LogP contribution in [-0.2, 0) is 16.1 Å². The molecule has 2 bridgehead atoms. The lowest BCUT2D eigenvalue weighted by Gasteiger charge is -2.43. The van der Waals surface area contributed by atoms with Crippen molar-refractivity contribution in [2.75, 3.05) is 19.6 Å². The lowest BCUT2D eigenvalue weighted by Crippen LogP contribution is -2.52. The highest BCUT2D eigenvalue weighted by molar-refractivity contribution is 5.96. The number of aliphatic carboxylic acids is 1. The summed E-state index contributed by atoms with van der Waals surface area (Å²) < 4.78 is 12.1. The molecule has 2 unspecified atom stereocenters. The molecule has 3 atom stereocenters. The largest absolute Gasteiger partial charge is 0.489 e. The molecule has 3 aliphatic heterocycles. The first-order valence-corrected chi connectivity index (χ1v) is 17.0. The second-order valence-corrected chi connectivity index (χ2v) is 13.2. The van der Waals surface area contributed by atoms with E-state index in [1.165, 1.54) is 6.42 Å². The molecule has 4 fully saturated rings. The molecular formula is C38H45N3O6. The molecule has 1 saturated carbocycles. The lowest BCUT2D eigenvalue weighted by molar-refractivity contribution is -0.139. The monoisotopic (exact) mass is 639 g/mol. The van der Waals surface area contributed by atoms with Gasteiger partial charge in [0.05, 0.1) is 6.04 Å². The van der Waals surface area contributed by atoms with Crippen LogP contribution in [-0.4, -0.2) is 59.8 Å². The van der Waals surface area contributed by atoms with E-state index in [1.54, 1.807) is 12.1 Å². The standard InChI is InChI=1S/C38H45N3O6/c42-36(39-33(37(43)44)22-26-8-3-1-4-9-26)30-16-14-27(15-17-30)25-46-32-13-7-12-31(23-32)35(29-10-5-2-6-11-29)40-38(45)47-34-24-41-20-18-28(34)19-21-41/h2,5-7,10-17,23,26,28,33-35H,1,3-4,8-9,18-22,24-25H2,(H,39,42)(H,40,45)(H,43,44)/t33?,34?,35-/m0/s1. The predicted molar refractivity (Wildman–Crippen MR) is 178 cm³/mol. The van der Waals surface area contributed by atoms with E-state index in [0.717, 1.165) is 74.8 Å². The lowest BCUT2D eigenvalue weighted by atomic mass is 9.85. The van der Waals surface area contributed by atoms with Crippen molar-refractivity contribution in [2.45, 2.75) is 76.2 Å². The van der Waals surface area contributed by atoms with Crippen molar-refractivity contribution >= 4 is 18.0 Å². The zero-order valence-electron chi connectivity index (χ0n) is 26.8. The van der Waals surface area contributed by atoms with Gasteiger partial charge in [0.1, 0.15) is 24.5 Å². The number of benzene rings is 3. The van der Waals surface area contributed by atoms with Crippen LogP contribution in [0.15, 0.2) is 78.9 Å². The van der Waals surface area contributed by atoms with Crippen LogP contribution in [0.3, 0.4) is 0 Å². The van der Waals surface area contributed by atoms with E-state index < -0.39 is 24.1 Å². The smallest absolute Gasteiger partial charge is 0.408 e. The molecule has 0 aromatic heterocycles. The molecule has 0 spiro atoms. The van der Waals surface area contributed by atoms with Gasteiger partial charge in [0.25, 0.3) is 5.91 Å². The first kappa shape index (κ1) is 32.6. The number of ether oxygens (including phenoxy) is 2. The quantitative estimate of drug-likeness (QED) is 0.212. The molecule has 3 heterocycles. The van der Waals surface area contributed by atoms with Crippen molar-refractivity contribution in [2.24, 2.45) is 11.8 Å². The first-order chi connectivity index (χ1) is 22.9. The Bertz CT molecular complexity index is 1500. The number of rotatable bonds is 12. The molecule has 3 N–H and O–H groups in total. The van der Waals surface area contributed by atoms with Crippen LogP contribution in [0.1, 0.15) is 84.5 Å². The van der Waals surface area contributed by atoms with Crippen LogP contribution >= 0.6 is 0 Å². The average Bonchev–Trinajstić information content (AvgIpc) is 3.11. The number of carboxylic acid groups (broad SMARTS) is 1. The third kappa shape index (κ3) is 8.71. The van der Waals surface area contributed by atoms with Gasteiger partial charge in [0.15, 0.2) is 0 Å². The second-order valence-electron chi connectivity index (χ2n) is 13.2. The summed E-state index contributed by atoms with van der Waals surface area (Å²) in [5, 5.41) is 15.5. The SMILES string of the molecule is O=C(N[C@@H](c1ccccc1)c1cccc(OCc2ccc(C(=O)NC(CC3CCCCC3)C(=O)O)cc2)c1)OC1CN2CCC1CC2. The molecule has 1 aliphatic carbocycles. The topological polar surface area (TPSA) is 117 Å². The highest BCUT2D eigenvalue weighted by Crippen LogP contribution is 2.31. The number of carbonyl (C=O) groups excluding carboxylic acids is 2. The molecule has 3 saturated heterocycles. The Morgan fingerprint density at radius 3 is 2.23 bits per heavy atom. The van der Waals surface area contributed by atoms with Gasteiger partial charge in [-0.25, -0.2) is 9.59 Å². The third-order valence-electron chi connectivity index (χ3n) is 9.96. The average molecular weight is 640 g/mol. The second kappa shape index (κ2) is 15.5. The number of carboxylic acids is 1. The summed E-state index contributed by atoms with van der Waals surface area (Å²) in [6, 6.07) is 23.2. The van der Waals surface area contributed by atoms with E-state index in [4.69, 9.17) is 9.47 Å². The summed E-state index contributed by atoms with van der Waals surface area (Å²) in [4.78, 5) is 40.3.